The molecule has 6 aromatic carbocycles. The van der Waals surface area contributed by atoms with Crippen LogP contribution in [0.1, 0.15) is 33.4 Å². The molecule has 6 rings (SSSR count). The van der Waals surface area contributed by atoms with Crippen LogP contribution in [-0.4, -0.2) is 0 Å². The van der Waals surface area contributed by atoms with Gasteiger partial charge in [-0.1, -0.05) is 102 Å². The standard InChI is InChI=1S/C42H38N2/c1-30-6-18-37(19-7-30)43(38-20-8-31(2)9-21-38)41-26-14-35(15-27-41)34(5)36-16-28-42(29-17-36)44(39-22-10-32(3)11-23-39)40-24-12-33(4)13-25-40/h6-29H,5H2,1-4H3. The van der Waals surface area contributed by atoms with E-state index in [1.165, 1.54) is 22.3 Å². The van der Waals surface area contributed by atoms with Gasteiger partial charge in [0.15, 0.2) is 0 Å². The number of rotatable bonds is 8. The van der Waals surface area contributed by atoms with Gasteiger partial charge in [-0.15, -0.1) is 0 Å². The molecule has 2 nitrogen and oxygen atoms in total. The van der Waals surface area contributed by atoms with E-state index in [1.54, 1.807) is 0 Å². The highest BCUT2D eigenvalue weighted by atomic mass is 15.1. The zero-order valence-electron chi connectivity index (χ0n) is 26.0. The average molecular weight is 571 g/mol. The number of hydrogen-bond acceptors (Lipinski definition) is 2. The SMILES string of the molecule is C=C(c1ccc(N(c2ccc(C)cc2)c2ccc(C)cc2)cc1)c1ccc(N(c2ccc(C)cc2)c2ccc(C)cc2)cc1. The molecule has 0 radical (unpaired) electrons. The molecule has 0 aliphatic heterocycles. The first-order chi connectivity index (χ1) is 21.4. The highest BCUT2D eigenvalue weighted by molar-refractivity contribution is 5.83. The summed E-state index contributed by atoms with van der Waals surface area (Å²) in [6.07, 6.45) is 0. The Morgan fingerprint density at radius 2 is 0.500 bits per heavy atom. The molecular formula is C42H38N2. The van der Waals surface area contributed by atoms with Crippen molar-refractivity contribution in [1.29, 1.82) is 0 Å². The molecule has 0 aliphatic carbocycles. The molecule has 0 amide bonds. The van der Waals surface area contributed by atoms with Gasteiger partial charge in [0, 0.05) is 34.1 Å². The van der Waals surface area contributed by atoms with Gasteiger partial charge in [0.1, 0.15) is 0 Å². The first-order valence-electron chi connectivity index (χ1n) is 15.1. The van der Waals surface area contributed by atoms with Gasteiger partial charge in [-0.25, -0.2) is 0 Å². The molecule has 216 valence electrons. The fraction of sp³-hybridized carbons (Fsp3) is 0.0952. The van der Waals surface area contributed by atoms with Crippen LogP contribution in [0.25, 0.3) is 5.57 Å². The molecule has 2 heteroatoms. The molecule has 0 atom stereocenters. The third-order valence-electron chi connectivity index (χ3n) is 8.12. The van der Waals surface area contributed by atoms with E-state index in [9.17, 15) is 0 Å². The van der Waals surface area contributed by atoms with Crippen LogP contribution >= 0.6 is 0 Å². The van der Waals surface area contributed by atoms with Gasteiger partial charge < -0.3 is 9.80 Å². The summed E-state index contributed by atoms with van der Waals surface area (Å²) < 4.78 is 0. The van der Waals surface area contributed by atoms with E-state index in [0.29, 0.717) is 0 Å². The lowest BCUT2D eigenvalue weighted by Crippen LogP contribution is -2.10. The van der Waals surface area contributed by atoms with E-state index in [0.717, 1.165) is 50.8 Å². The Labute approximate surface area is 262 Å². The molecule has 0 aromatic heterocycles. The predicted molar refractivity (Wildman–Crippen MR) is 189 cm³/mol. The maximum atomic E-state index is 4.49. The molecule has 0 aliphatic rings. The first kappa shape index (κ1) is 28.8. The Hall–Kier alpha value is -5.34. The zero-order valence-corrected chi connectivity index (χ0v) is 26.0. The zero-order chi connectivity index (χ0) is 30.6. The number of nitrogens with zero attached hydrogens (tertiary/aromatic N) is 2. The van der Waals surface area contributed by atoms with Crippen LogP contribution in [0.15, 0.2) is 152 Å². The minimum Gasteiger partial charge on any atom is -0.311 e. The van der Waals surface area contributed by atoms with E-state index in [1.807, 2.05) is 0 Å². The number of benzene rings is 6. The number of anilines is 6. The Bertz CT molecular complexity index is 1620. The molecule has 0 heterocycles. The van der Waals surface area contributed by atoms with Crippen molar-refractivity contribution in [2.75, 3.05) is 9.80 Å². The summed E-state index contributed by atoms with van der Waals surface area (Å²) in [5.41, 5.74) is 14.9. The van der Waals surface area contributed by atoms with Gasteiger partial charge in [0.05, 0.1) is 0 Å². The van der Waals surface area contributed by atoms with E-state index >= 15 is 0 Å². The lowest BCUT2D eigenvalue weighted by molar-refractivity contribution is 1.26. The quantitative estimate of drug-likeness (QED) is 0.180. The maximum absolute atomic E-state index is 4.49. The minimum absolute atomic E-state index is 0.998. The summed E-state index contributed by atoms with van der Waals surface area (Å²) in [4.78, 5) is 4.59. The van der Waals surface area contributed by atoms with Gasteiger partial charge >= 0.3 is 0 Å². The van der Waals surface area contributed by atoms with Gasteiger partial charge in [0.25, 0.3) is 0 Å². The van der Waals surface area contributed by atoms with Crippen molar-refractivity contribution in [3.63, 3.8) is 0 Å². The summed E-state index contributed by atoms with van der Waals surface area (Å²) >= 11 is 0. The van der Waals surface area contributed by atoms with Crippen molar-refractivity contribution < 1.29 is 0 Å². The molecular weight excluding hydrogens is 532 g/mol. The summed E-state index contributed by atoms with van der Waals surface area (Å²) in [6, 6.07) is 52.2. The second-order valence-electron chi connectivity index (χ2n) is 11.6. The fourth-order valence-electron chi connectivity index (χ4n) is 5.46. The lowest BCUT2D eigenvalue weighted by Gasteiger charge is -2.26. The van der Waals surface area contributed by atoms with Crippen molar-refractivity contribution in [3.05, 3.63) is 186 Å². The Morgan fingerprint density at radius 3 is 0.705 bits per heavy atom. The Balaban J connectivity index is 1.28. The number of aryl methyl sites for hydroxylation is 4. The molecule has 44 heavy (non-hydrogen) atoms. The Kier molecular flexibility index (Phi) is 8.16. The first-order valence-corrected chi connectivity index (χ1v) is 15.1. The van der Waals surface area contributed by atoms with Crippen molar-refractivity contribution in [2.45, 2.75) is 27.7 Å². The summed E-state index contributed by atoms with van der Waals surface area (Å²) in [5.74, 6) is 0. The van der Waals surface area contributed by atoms with Gasteiger partial charge in [-0.3, -0.25) is 0 Å². The van der Waals surface area contributed by atoms with Crippen LogP contribution in [0.4, 0.5) is 34.1 Å². The van der Waals surface area contributed by atoms with Crippen LogP contribution in [0.3, 0.4) is 0 Å². The van der Waals surface area contributed by atoms with Gasteiger partial charge in [0.2, 0.25) is 0 Å². The van der Waals surface area contributed by atoms with Crippen LogP contribution in [0.2, 0.25) is 0 Å². The normalized spacial score (nSPS) is 10.8. The molecule has 0 N–H and O–H groups in total. The Morgan fingerprint density at radius 1 is 0.318 bits per heavy atom. The van der Waals surface area contributed by atoms with Crippen LogP contribution in [0.5, 0.6) is 0 Å². The third-order valence-corrected chi connectivity index (χ3v) is 8.12. The van der Waals surface area contributed by atoms with E-state index < -0.39 is 0 Å². The summed E-state index contributed by atoms with van der Waals surface area (Å²) in [6.45, 7) is 13.0. The highest BCUT2D eigenvalue weighted by Crippen LogP contribution is 2.38. The van der Waals surface area contributed by atoms with Crippen LogP contribution < -0.4 is 9.80 Å². The van der Waals surface area contributed by atoms with E-state index in [-0.39, 0.29) is 0 Å². The van der Waals surface area contributed by atoms with E-state index in [2.05, 4.69) is 190 Å². The summed E-state index contributed by atoms with van der Waals surface area (Å²) in [7, 11) is 0. The molecule has 0 spiro atoms. The van der Waals surface area contributed by atoms with Gasteiger partial charge in [-0.05, 0) is 117 Å². The topological polar surface area (TPSA) is 6.48 Å². The maximum Gasteiger partial charge on any atom is 0.0462 e. The molecule has 6 aromatic rings. The molecule has 0 saturated heterocycles. The van der Waals surface area contributed by atoms with Crippen molar-refractivity contribution in [2.24, 2.45) is 0 Å². The third kappa shape index (κ3) is 6.21. The second-order valence-corrected chi connectivity index (χ2v) is 11.6. The van der Waals surface area contributed by atoms with Crippen molar-refractivity contribution >= 4 is 39.7 Å². The smallest absolute Gasteiger partial charge is 0.0462 e. The summed E-state index contributed by atoms with van der Waals surface area (Å²) in [5, 5.41) is 0. The molecule has 0 unspecified atom stereocenters. The van der Waals surface area contributed by atoms with Crippen LogP contribution in [0, 0.1) is 27.7 Å². The molecule has 0 bridgehead atoms. The second kappa shape index (κ2) is 12.5. The monoisotopic (exact) mass is 570 g/mol. The largest absolute Gasteiger partial charge is 0.311 e. The van der Waals surface area contributed by atoms with Crippen LogP contribution in [-0.2, 0) is 0 Å². The lowest BCUT2D eigenvalue weighted by atomic mass is 9.98. The number of hydrogen-bond donors (Lipinski definition) is 0. The average Bonchev–Trinajstić information content (AvgIpc) is 3.05. The highest BCUT2D eigenvalue weighted by Gasteiger charge is 2.15. The van der Waals surface area contributed by atoms with Crippen molar-refractivity contribution in [1.82, 2.24) is 0 Å². The minimum atomic E-state index is 0.998. The fourth-order valence-corrected chi connectivity index (χ4v) is 5.46. The van der Waals surface area contributed by atoms with Crippen molar-refractivity contribution in [3.8, 4) is 0 Å². The molecule has 0 fully saturated rings. The molecule has 0 saturated carbocycles. The van der Waals surface area contributed by atoms with E-state index in [4.69, 9.17) is 0 Å². The predicted octanol–water partition coefficient (Wildman–Crippen LogP) is 11.9. The van der Waals surface area contributed by atoms with Gasteiger partial charge in [-0.2, -0.15) is 0 Å².